The summed E-state index contributed by atoms with van der Waals surface area (Å²) in [5.41, 5.74) is 0.256. The van der Waals surface area contributed by atoms with Crippen molar-refractivity contribution in [2.24, 2.45) is 5.92 Å². The van der Waals surface area contributed by atoms with E-state index in [2.05, 4.69) is 38.8 Å². The molecule has 2 bridgehead atoms. The van der Waals surface area contributed by atoms with Crippen molar-refractivity contribution in [3.05, 3.63) is 27.5 Å². The number of amides is 3. The number of benzene rings is 1. The molecule has 2 aromatic rings. The Balaban J connectivity index is 2.03. The maximum atomic E-state index is 16.1. The molecule has 0 unspecified atom stereocenters. The molecule has 2 aliphatic heterocycles. The van der Waals surface area contributed by atoms with Gasteiger partial charge in [-0.05, 0) is 67.4 Å². The van der Waals surface area contributed by atoms with Crippen LogP contribution in [0.5, 0.6) is 0 Å². The third-order valence-electron chi connectivity index (χ3n) is 7.68. The number of thioether (sulfide) groups is 1. The summed E-state index contributed by atoms with van der Waals surface area (Å²) < 4.78 is 22.1. The number of nitrogens with zero attached hydrogens (tertiary/aromatic N) is 5. The van der Waals surface area contributed by atoms with Gasteiger partial charge in [0, 0.05) is 51.2 Å². The molecule has 44 heavy (non-hydrogen) atoms. The van der Waals surface area contributed by atoms with E-state index < -0.39 is 35.7 Å². The largest absolute Gasteiger partial charge is 0.465 e. The fourth-order valence-corrected chi connectivity index (χ4v) is 6.68. The molecule has 3 heterocycles. The van der Waals surface area contributed by atoms with Gasteiger partial charge in [0.2, 0.25) is 5.91 Å². The number of ether oxygens (including phenoxy) is 1. The highest BCUT2D eigenvalue weighted by atomic mass is 79.9. The molecule has 234 valence electrons. The first-order valence-corrected chi connectivity index (χ1v) is 16.2. The van der Waals surface area contributed by atoms with Crippen molar-refractivity contribution in [1.82, 2.24) is 14.8 Å². The molecule has 1 aromatic carbocycles. The van der Waals surface area contributed by atoms with Gasteiger partial charge in [-0.1, -0.05) is 11.8 Å². The van der Waals surface area contributed by atoms with Crippen molar-refractivity contribution in [3.8, 4) is 17.9 Å². The SMILES string of the molecule is CSc1nc2c(F)c(Br)c(CCC#N)cc2c(N(C(=O)OC(C)(C)C)[C@H]2[C@@H]3C[C@H]2N(C(=O)O)C3)c1C#CCCC(=O)N(C)C. The van der Waals surface area contributed by atoms with E-state index in [9.17, 15) is 24.8 Å². The van der Waals surface area contributed by atoms with Crippen molar-refractivity contribution < 1.29 is 28.6 Å². The molecule has 1 aromatic heterocycles. The molecule has 3 amide bonds. The fourth-order valence-electron chi connectivity index (χ4n) is 5.64. The lowest BCUT2D eigenvalue weighted by Crippen LogP contribution is -2.58. The number of carboxylic acid groups (broad SMARTS) is 1. The number of nitriles is 1. The quantitative estimate of drug-likeness (QED) is 0.276. The lowest BCUT2D eigenvalue weighted by molar-refractivity contribution is -0.128. The van der Waals surface area contributed by atoms with Gasteiger partial charge in [-0.2, -0.15) is 5.26 Å². The maximum Gasteiger partial charge on any atom is 0.415 e. The highest BCUT2D eigenvalue weighted by molar-refractivity contribution is 9.10. The topological polar surface area (TPSA) is 127 Å². The number of hydrogen-bond acceptors (Lipinski definition) is 7. The van der Waals surface area contributed by atoms with Crippen LogP contribution >= 0.6 is 27.7 Å². The average molecular weight is 689 g/mol. The minimum Gasteiger partial charge on any atom is -0.465 e. The Bertz CT molecular complexity index is 1610. The lowest BCUT2D eigenvalue weighted by atomic mass is 9.78. The van der Waals surface area contributed by atoms with Crippen LogP contribution in [0.1, 0.15) is 57.6 Å². The Labute approximate surface area is 269 Å². The predicted molar refractivity (Wildman–Crippen MR) is 169 cm³/mol. The van der Waals surface area contributed by atoms with Crippen molar-refractivity contribution in [2.75, 3.05) is 31.8 Å². The summed E-state index contributed by atoms with van der Waals surface area (Å²) >= 11 is 4.57. The summed E-state index contributed by atoms with van der Waals surface area (Å²) in [5.74, 6) is 5.28. The smallest absolute Gasteiger partial charge is 0.415 e. The predicted octanol–water partition coefficient (Wildman–Crippen LogP) is 6.03. The fraction of sp³-hybridized carbons (Fsp3) is 0.516. The second kappa shape index (κ2) is 13.2. The zero-order chi connectivity index (χ0) is 32.5. The Kier molecular flexibility index (Phi) is 10.0. The van der Waals surface area contributed by atoms with Gasteiger partial charge >= 0.3 is 12.2 Å². The van der Waals surface area contributed by atoms with Gasteiger partial charge in [0.15, 0.2) is 5.82 Å². The molecule has 0 radical (unpaired) electrons. The van der Waals surface area contributed by atoms with Crippen LogP contribution in [0.2, 0.25) is 0 Å². The van der Waals surface area contributed by atoms with Gasteiger partial charge < -0.3 is 19.6 Å². The molecule has 3 fully saturated rings. The maximum absolute atomic E-state index is 16.1. The zero-order valence-electron chi connectivity index (χ0n) is 25.5. The van der Waals surface area contributed by atoms with Crippen LogP contribution in [0, 0.1) is 34.9 Å². The number of carbonyl (C=O) groups excluding carboxylic acids is 2. The zero-order valence-corrected chi connectivity index (χ0v) is 27.9. The molecule has 3 atom stereocenters. The molecule has 2 saturated heterocycles. The first-order valence-electron chi connectivity index (χ1n) is 14.2. The van der Waals surface area contributed by atoms with Crippen LogP contribution in [-0.2, 0) is 16.0 Å². The molecule has 13 heteroatoms. The number of hydrogen-bond donors (Lipinski definition) is 1. The summed E-state index contributed by atoms with van der Waals surface area (Å²) in [5, 5.41) is 19.8. The summed E-state index contributed by atoms with van der Waals surface area (Å²) in [6.45, 7) is 5.46. The van der Waals surface area contributed by atoms with Crippen molar-refractivity contribution in [2.45, 2.75) is 75.6 Å². The summed E-state index contributed by atoms with van der Waals surface area (Å²) in [4.78, 5) is 47.3. The second-order valence-corrected chi connectivity index (χ2v) is 13.6. The van der Waals surface area contributed by atoms with Crippen LogP contribution in [0.3, 0.4) is 0 Å². The van der Waals surface area contributed by atoms with E-state index in [1.165, 1.54) is 26.5 Å². The molecule has 10 nitrogen and oxygen atoms in total. The number of pyridine rings is 1. The van der Waals surface area contributed by atoms with Gasteiger partial charge in [0.1, 0.15) is 16.1 Å². The number of anilines is 1. The summed E-state index contributed by atoms with van der Waals surface area (Å²) in [7, 11) is 3.32. The molecule has 1 saturated carbocycles. The standard InChI is InChI=1S/C31H35BrFN5O5S/c1-31(2,3)43-30(42)38(26-18-15-21(26)37(16-18)29(40)41)27-19(11-7-8-12-22(39)36(4)5)28(44-6)35-25-20(27)14-17(10-9-13-34)23(32)24(25)33/h14,18,21,26H,8-10,12,15-16H2,1-6H3,(H,40,41)/t18-,21-,26+/m1/s1. The number of rotatable bonds is 7. The average Bonchev–Trinajstić information content (AvgIpc) is 3.55. The van der Waals surface area contributed by atoms with E-state index >= 15 is 4.39 Å². The molecule has 1 aliphatic carbocycles. The van der Waals surface area contributed by atoms with Crippen LogP contribution in [0.4, 0.5) is 19.7 Å². The van der Waals surface area contributed by atoms with Crippen LogP contribution < -0.4 is 4.90 Å². The van der Waals surface area contributed by atoms with Crippen molar-refractivity contribution in [1.29, 1.82) is 5.26 Å². The third-order valence-corrected chi connectivity index (χ3v) is 9.22. The van der Waals surface area contributed by atoms with E-state index in [0.717, 1.165) is 0 Å². The van der Waals surface area contributed by atoms with Gasteiger partial charge in [-0.3, -0.25) is 9.69 Å². The molecular weight excluding hydrogens is 653 g/mol. The van der Waals surface area contributed by atoms with Crippen molar-refractivity contribution >= 4 is 62.4 Å². The number of carbonyl (C=O) groups is 3. The minimum absolute atomic E-state index is 0.000544. The van der Waals surface area contributed by atoms with Gasteiger partial charge in [-0.15, -0.1) is 11.8 Å². The van der Waals surface area contributed by atoms with Gasteiger partial charge in [-0.25, -0.2) is 19.0 Å². The Morgan fingerprint density at radius 3 is 2.57 bits per heavy atom. The summed E-state index contributed by atoms with van der Waals surface area (Å²) in [6.07, 6.45) is 1.36. The molecule has 1 N–H and O–H groups in total. The van der Waals surface area contributed by atoms with E-state index in [1.54, 1.807) is 47.2 Å². The van der Waals surface area contributed by atoms with Crippen LogP contribution in [0.15, 0.2) is 15.6 Å². The van der Waals surface area contributed by atoms with Crippen molar-refractivity contribution in [3.63, 3.8) is 0 Å². The van der Waals surface area contributed by atoms with Gasteiger partial charge in [0.25, 0.3) is 0 Å². The van der Waals surface area contributed by atoms with E-state index in [1.807, 2.05) is 0 Å². The Hall–Kier alpha value is -3.55. The Morgan fingerprint density at radius 2 is 2.00 bits per heavy atom. The van der Waals surface area contributed by atoms with Crippen LogP contribution in [-0.4, -0.2) is 82.6 Å². The lowest BCUT2D eigenvalue weighted by Gasteiger charge is -2.44. The number of aryl methyl sites for hydroxylation is 1. The van der Waals surface area contributed by atoms with E-state index in [-0.39, 0.29) is 59.7 Å². The third kappa shape index (κ3) is 6.59. The second-order valence-electron chi connectivity index (χ2n) is 12.0. The first kappa shape index (κ1) is 33.3. The molecular formula is C31H35BrFN5O5S. The first-order chi connectivity index (χ1) is 20.7. The number of aromatic nitrogens is 1. The van der Waals surface area contributed by atoms with E-state index in [0.29, 0.717) is 28.0 Å². The number of halogens is 2. The molecule has 3 aliphatic rings. The molecule has 5 rings (SSSR count). The van der Waals surface area contributed by atoms with E-state index in [4.69, 9.17) is 4.74 Å². The van der Waals surface area contributed by atoms with Gasteiger partial charge in [0.05, 0.1) is 33.9 Å². The van der Waals surface area contributed by atoms with Crippen LogP contribution in [0.25, 0.3) is 10.9 Å². The summed E-state index contributed by atoms with van der Waals surface area (Å²) in [6, 6.07) is 2.73. The molecule has 0 spiro atoms. The normalized spacial score (nSPS) is 18.6. The minimum atomic E-state index is -1.08. The Morgan fingerprint density at radius 1 is 1.30 bits per heavy atom. The highest BCUT2D eigenvalue weighted by Crippen LogP contribution is 2.49. The monoisotopic (exact) mass is 687 g/mol. The highest BCUT2D eigenvalue weighted by Gasteiger charge is 2.58. The number of fused-ring (bicyclic) bond motifs is 2.